The third-order valence-electron chi connectivity index (χ3n) is 3.31. The monoisotopic (exact) mass is 296 g/mol. The maximum Gasteiger partial charge on any atom is 0.176 e. The second kappa shape index (κ2) is 6.15. The molecule has 110 valence electrons. The molecule has 0 spiro atoms. The molecule has 0 bridgehead atoms. The van der Waals surface area contributed by atoms with Crippen LogP contribution in [0.5, 0.6) is 11.5 Å². The summed E-state index contributed by atoms with van der Waals surface area (Å²) in [5.41, 5.74) is 1.90. The minimum atomic E-state index is -0.384. The molecule has 0 heterocycles. The second-order valence-corrected chi connectivity index (χ2v) is 4.87. The maximum absolute atomic E-state index is 13.5. The number of nitrogens with zero attached hydrogens (tertiary/aromatic N) is 2. The number of hydrogen-bond acceptors (Lipinski definition) is 4. The van der Waals surface area contributed by atoms with E-state index < -0.39 is 0 Å². The van der Waals surface area contributed by atoms with E-state index in [1.807, 2.05) is 12.1 Å². The Bertz CT molecular complexity index is 797. The van der Waals surface area contributed by atoms with Crippen molar-refractivity contribution in [3.63, 3.8) is 0 Å². The molecule has 2 aromatic rings. The number of rotatable bonds is 3. The zero-order valence-corrected chi connectivity index (χ0v) is 12.1. The fourth-order valence-corrected chi connectivity index (χ4v) is 2.36. The summed E-state index contributed by atoms with van der Waals surface area (Å²) in [6, 6.07) is 9.75. The SMILES string of the molecule is COc1cc(C#N)c(Cc2cc(C)cc(F)c2)c(C#N)c1O. The van der Waals surface area contributed by atoms with Gasteiger partial charge >= 0.3 is 0 Å². The zero-order valence-electron chi connectivity index (χ0n) is 12.1. The van der Waals surface area contributed by atoms with Crippen LogP contribution in [0.15, 0.2) is 24.3 Å². The number of nitriles is 2. The second-order valence-electron chi connectivity index (χ2n) is 4.87. The van der Waals surface area contributed by atoms with Crippen molar-refractivity contribution in [2.45, 2.75) is 13.3 Å². The summed E-state index contributed by atoms with van der Waals surface area (Å²) in [6.07, 6.45) is 0.169. The summed E-state index contributed by atoms with van der Waals surface area (Å²) in [4.78, 5) is 0. The predicted molar refractivity (Wildman–Crippen MR) is 78.0 cm³/mol. The lowest BCUT2D eigenvalue weighted by Crippen LogP contribution is -2.00. The van der Waals surface area contributed by atoms with Crippen LogP contribution in [0.1, 0.15) is 27.8 Å². The van der Waals surface area contributed by atoms with Crippen molar-refractivity contribution < 1.29 is 14.2 Å². The highest BCUT2D eigenvalue weighted by Gasteiger charge is 2.19. The van der Waals surface area contributed by atoms with E-state index in [4.69, 9.17) is 4.74 Å². The fourth-order valence-electron chi connectivity index (χ4n) is 2.36. The van der Waals surface area contributed by atoms with Gasteiger partial charge in [-0.15, -0.1) is 0 Å². The summed E-state index contributed by atoms with van der Waals surface area (Å²) >= 11 is 0. The third kappa shape index (κ3) is 2.84. The standard InChI is InChI=1S/C17H13FN2O2/c1-10-3-11(5-13(18)4-10)6-14-12(8-19)7-16(22-2)17(21)15(14)9-20/h3-5,7,21H,6H2,1-2H3. The summed E-state index contributed by atoms with van der Waals surface area (Å²) in [6.45, 7) is 1.76. The van der Waals surface area contributed by atoms with Crippen LogP contribution in [-0.2, 0) is 6.42 Å². The van der Waals surface area contributed by atoms with Gasteiger partial charge in [0.05, 0.1) is 18.7 Å². The number of halogens is 1. The van der Waals surface area contributed by atoms with Crippen LogP contribution in [0, 0.1) is 35.4 Å². The quantitative estimate of drug-likeness (QED) is 0.943. The molecule has 0 saturated carbocycles. The van der Waals surface area contributed by atoms with Gasteiger partial charge in [0.1, 0.15) is 17.4 Å². The first-order chi connectivity index (χ1) is 10.5. The summed E-state index contributed by atoms with van der Waals surface area (Å²) in [5.74, 6) is -0.635. The van der Waals surface area contributed by atoms with Gasteiger partial charge in [0.15, 0.2) is 11.5 Å². The van der Waals surface area contributed by atoms with Gasteiger partial charge in [-0.05, 0) is 35.7 Å². The van der Waals surface area contributed by atoms with Gasteiger partial charge in [-0.1, -0.05) is 6.07 Å². The Morgan fingerprint density at radius 1 is 1.18 bits per heavy atom. The fraction of sp³-hybridized carbons (Fsp3) is 0.176. The molecule has 0 aromatic heterocycles. The van der Waals surface area contributed by atoms with E-state index in [0.29, 0.717) is 11.1 Å². The molecule has 0 amide bonds. The van der Waals surface area contributed by atoms with E-state index in [-0.39, 0.29) is 34.9 Å². The van der Waals surface area contributed by atoms with E-state index in [1.54, 1.807) is 13.0 Å². The van der Waals surface area contributed by atoms with Crippen LogP contribution in [0.4, 0.5) is 4.39 Å². The predicted octanol–water partition coefficient (Wildman–Crippen LogP) is 3.18. The highest BCUT2D eigenvalue weighted by atomic mass is 19.1. The van der Waals surface area contributed by atoms with Crippen molar-refractivity contribution in [3.05, 3.63) is 57.9 Å². The lowest BCUT2D eigenvalue weighted by molar-refractivity contribution is 0.372. The highest BCUT2D eigenvalue weighted by Crippen LogP contribution is 2.35. The number of methoxy groups -OCH3 is 1. The van der Waals surface area contributed by atoms with Gasteiger partial charge in [0, 0.05) is 12.5 Å². The molecular weight excluding hydrogens is 283 g/mol. The number of ether oxygens (including phenoxy) is 1. The molecule has 1 N–H and O–H groups in total. The molecule has 0 atom stereocenters. The van der Waals surface area contributed by atoms with Crippen LogP contribution in [-0.4, -0.2) is 12.2 Å². The van der Waals surface area contributed by atoms with Gasteiger partial charge in [0.25, 0.3) is 0 Å². The number of aromatic hydroxyl groups is 1. The average molecular weight is 296 g/mol. The molecule has 2 aromatic carbocycles. The van der Waals surface area contributed by atoms with Crippen molar-refractivity contribution in [3.8, 4) is 23.6 Å². The Morgan fingerprint density at radius 2 is 1.91 bits per heavy atom. The average Bonchev–Trinajstić information content (AvgIpc) is 2.47. The molecule has 2 rings (SSSR count). The lowest BCUT2D eigenvalue weighted by Gasteiger charge is -2.12. The van der Waals surface area contributed by atoms with Crippen molar-refractivity contribution in [1.29, 1.82) is 10.5 Å². The number of phenolic OH excluding ortho intramolecular Hbond substituents is 1. The van der Waals surface area contributed by atoms with Crippen molar-refractivity contribution >= 4 is 0 Å². The normalized spacial score (nSPS) is 9.86. The first-order valence-corrected chi connectivity index (χ1v) is 6.49. The Labute approximate surface area is 127 Å². The molecule has 0 unspecified atom stereocenters. The van der Waals surface area contributed by atoms with Crippen molar-refractivity contribution in [1.82, 2.24) is 0 Å². The van der Waals surface area contributed by atoms with E-state index in [1.165, 1.54) is 25.3 Å². The molecule has 5 heteroatoms. The van der Waals surface area contributed by atoms with Gasteiger partial charge < -0.3 is 9.84 Å². The van der Waals surface area contributed by atoms with Crippen LogP contribution >= 0.6 is 0 Å². The molecule has 0 fully saturated rings. The topological polar surface area (TPSA) is 77.0 Å². The number of benzene rings is 2. The minimum Gasteiger partial charge on any atom is -0.503 e. The number of phenols is 1. The van der Waals surface area contributed by atoms with Gasteiger partial charge in [-0.25, -0.2) is 4.39 Å². The molecule has 4 nitrogen and oxygen atoms in total. The first kappa shape index (κ1) is 15.3. The molecule has 0 aliphatic rings. The lowest BCUT2D eigenvalue weighted by atomic mass is 9.94. The maximum atomic E-state index is 13.5. The van der Waals surface area contributed by atoms with Gasteiger partial charge in [0.2, 0.25) is 0 Å². The summed E-state index contributed by atoms with van der Waals surface area (Å²) < 4.78 is 18.5. The Hall–Kier alpha value is -3.05. The Balaban J connectivity index is 2.62. The Kier molecular flexibility index (Phi) is 4.29. The third-order valence-corrected chi connectivity index (χ3v) is 3.31. The van der Waals surface area contributed by atoms with Crippen molar-refractivity contribution in [2.24, 2.45) is 0 Å². The minimum absolute atomic E-state index is 0.0298. The number of hydrogen-bond donors (Lipinski definition) is 1. The van der Waals surface area contributed by atoms with Crippen LogP contribution < -0.4 is 4.74 Å². The molecule has 0 saturated heterocycles. The van der Waals surface area contributed by atoms with E-state index in [2.05, 4.69) is 0 Å². The van der Waals surface area contributed by atoms with E-state index in [0.717, 1.165) is 5.56 Å². The van der Waals surface area contributed by atoms with Crippen LogP contribution in [0.3, 0.4) is 0 Å². The van der Waals surface area contributed by atoms with E-state index in [9.17, 15) is 20.0 Å². The molecule has 0 aliphatic carbocycles. The highest BCUT2D eigenvalue weighted by molar-refractivity contribution is 5.62. The molecule has 22 heavy (non-hydrogen) atoms. The largest absolute Gasteiger partial charge is 0.503 e. The smallest absolute Gasteiger partial charge is 0.176 e. The van der Waals surface area contributed by atoms with Gasteiger partial charge in [-0.2, -0.15) is 10.5 Å². The number of aryl methyl sites for hydroxylation is 1. The molecular formula is C17H13FN2O2. The van der Waals surface area contributed by atoms with Crippen molar-refractivity contribution in [2.75, 3.05) is 7.11 Å². The van der Waals surface area contributed by atoms with E-state index >= 15 is 0 Å². The zero-order chi connectivity index (χ0) is 16.3. The van der Waals surface area contributed by atoms with Gasteiger partial charge in [-0.3, -0.25) is 0 Å². The van der Waals surface area contributed by atoms with Crippen LogP contribution in [0.25, 0.3) is 0 Å². The first-order valence-electron chi connectivity index (χ1n) is 6.49. The summed E-state index contributed by atoms with van der Waals surface area (Å²) in [7, 11) is 1.34. The summed E-state index contributed by atoms with van der Waals surface area (Å²) in [5, 5.41) is 28.6. The van der Waals surface area contributed by atoms with Crippen LogP contribution in [0.2, 0.25) is 0 Å². The molecule has 0 radical (unpaired) electrons. The molecule has 0 aliphatic heterocycles. The Morgan fingerprint density at radius 3 is 2.45 bits per heavy atom.